The van der Waals surface area contributed by atoms with Crippen molar-refractivity contribution in [1.82, 2.24) is 0 Å². The minimum absolute atomic E-state index is 0.0372. The second kappa shape index (κ2) is 6.07. The van der Waals surface area contributed by atoms with E-state index in [1.54, 1.807) is 6.92 Å². The number of halogens is 1. The minimum Gasteiger partial charge on any atom is -0.293 e. The van der Waals surface area contributed by atoms with Gasteiger partial charge in [0.15, 0.2) is 5.78 Å². The molecule has 0 radical (unpaired) electrons. The Bertz CT molecular complexity index is 437. The van der Waals surface area contributed by atoms with Gasteiger partial charge >= 0.3 is 0 Å². The lowest BCUT2D eigenvalue weighted by molar-refractivity contribution is 0.0992. The molecule has 0 spiro atoms. The number of alkyl halides is 1. The van der Waals surface area contributed by atoms with Crippen LogP contribution in [0.1, 0.15) is 22.8 Å². The maximum atomic E-state index is 12.1. The first-order valence-corrected chi connectivity index (χ1v) is 6.97. The Morgan fingerprint density at radius 2 is 2.31 bits per heavy atom. The Labute approximate surface area is 108 Å². The van der Waals surface area contributed by atoms with Crippen LogP contribution in [0, 0.1) is 11.3 Å². The van der Waals surface area contributed by atoms with Gasteiger partial charge in [-0.25, -0.2) is 0 Å². The highest BCUT2D eigenvalue weighted by atomic mass is 79.9. The minimum atomic E-state index is -0.224. The highest BCUT2D eigenvalue weighted by Crippen LogP contribution is 2.26. The van der Waals surface area contributed by atoms with Gasteiger partial charge in [-0.05, 0) is 24.8 Å². The van der Waals surface area contributed by atoms with Crippen LogP contribution in [-0.4, -0.2) is 16.9 Å². The lowest BCUT2D eigenvalue weighted by Gasteiger charge is -2.11. The van der Waals surface area contributed by atoms with E-state index in [1.165, 1.54) is 11.8 Å². The standard InChI is InChI=1S/C12H12BrNOS/c1-8(13)12(15)11-9(6-7-14)4-3-5-10(11)16-2/h3-5,8H,6H2,1-2H3. The van der Waals surface area contributed by atoms with Crippen LogP contribution in [0.25, 0.3) is 0 Å². The molecule has 0 heterocycles. The number of hydrogen-bond donors (Lipinski definition) is 0. The van der Waals surface area contributed by atoms with Crippen molar-refractivity contribution in [3.05, 3.63) is 29.3 Å². The zero-order chi connectivity index (χ0) is 12.1. The van der Waals surface area contributed by atoms with Crippen molar-refractivity contribution in [1.29, 1.82) is 5.26 Å². The molecule has 0 aromatic heterocycles. The lowest BCUT2D eigenvalue weighted by Crippen LogP contribution is -2.14. The summed E-state index contributed by atoms with van der Waals surface area (Å²) in [5.74, 6) is 0.0372. The number of nitrogens with zero attached hydrogens (tertiary/aromatic N) is 1. The average molecular weight is 298 g/mol. The molecule has 1 rings (SSSR count). The van der Waals surface area contributed by atoms with E-state index in [2.05, 4.69) is 22.0 Å². The van der Waals surface area contributed by atoms with E-state index in [-0.39, 0.29) is 17.0 Å². The number of thioether (sulfide) groups is 1. The van der Waals surface area contributed by atoms with Crippen LogP contribution >= 0.6 is 27.7 Å². The van der Waals surface area contributed by atoms with E-state index < -0.39 is 0 Å². The van der Waals surface area contributed by atoms with Crippen molar-refractivity contribution in [2.24, 2.45) is 0 Å². The van der Waals surface area contributed by atoms with Crippen LogP contribution in [0.15, 0.2) is 23.1 Å². The molecule has 0 bridgehead atoms. The van der Waals surface area contributed by atoms with Crippen LogP contribution in [0.4, 0.5) is 0 Å². The van der Waals surface area contributed by atoms with Crippen molar-refractivity contribution in [3.8, 4) is 6.07 Å². The molecule has 0 aliphatic carbocycles. The number of carbonyl (C=O) groups is 1. The normalized spacial score (nSPS) is 11.9. The third kappa shape index (κ3) is 2.87. The van der Waals surface area contributed by atoms with Crippen molar-refractivity contribution in [2.75, 3.05) is 6.26 Å². The van der Waals surface area contributed by atoms with Gasteiger partial charge in [-0.15, -0.1) is 11.8 Å². The Kier molecular flexibility index (Phi) is 5.04. The molecule has 16 heavy (non-hydrogen) atoms. The summed E-state index contributed by atoms with van der Waals surface area (Å²) in [7, 11) is 0. The number of nitriles is 1. The first-order chi connectivity index (χ1) is 7.61. The molecular formula is C12H12BrNOS. The van der Waals surface area contributed by atoms with Crippen molar-refractivity contribution < 1.29 is 4.79 Å². The number of benzene rings is 1. The van der Waals surface area contributed by atoms with E-state index in [0.717, 1.165) is 10.5 Å². The smallest absolute Gasteiger partial charge is 0.177 e. The zero-order valence-corrected chi connectivity index (χ0v) is 11.6. The van der Waals surface area contributed by atoms with E-state index in [4.69, 9.17) is 5.26 Å². The summed E-state index contributed by atoms with van der Waals surface area (Å²) in [5.41, 5.74) is 1.49. The Balaban J connectivity index is 3.31. The molecular weight excluding hydrogens is 286 g/mol. The van der Waals surface area contributed by atoms with Gasteiger partial charge in [0.05, 0.1) is 17.3 Å². The van der Waals surface area contributed by atoms with Gasteiger partial charge in [0.2, 0.25) is 0 Å². The predicted octanol–water partition coefficient (Wildman–Crippen LogP) is 3.44. The summed E-state index contributed by atoms with van der Waals surface area (Å²) >= 11 is 4.81. The molecule has 4 heteroatoms. The Morgan fingerprint density at radius 1 is 1.62 bits per heavy atom. The fourth-order valence-corrected chi connectivity index (χ4v) is 2.34. The molecule has 1 unspecified atom stereocenters. The van der Waals surface area contributed by atoms with Gasteiger partial charge in [0.1, 0.15) is 0 Å². The molecule has 0 fully saturated rings. The molecule has 0 N–H and O–H groups in total. The van der Waals surface area contributed by atoms with Gasteiger partial charge < -0.3 is 0 Å². The van der Waals surface area contributed by atoms with Crippen LogP contribution in [0.3, 0.4) is 0 Å². The van der Waals surface area contributed by atoms with E-state index in [1.807, 2.05) is 24.5 Å². The lowest BCUT2D eigenvalue weighted by atomic mass is 10.00. The average Bonchev–Trinajstić information content (AvgIpc) is 2.28. The predicted molar refractivity (Wildman–Crippen MR) is 70.3 cm³/mol. The number of carbonyl (C=O) groups excluding carboxylic acids is 1. The molecule has 0 saturated heterocycles. The third-order valence-electron chi connectivity index (χ3n) is 2.21. The van der Waals surface area contributed by atoms with Crippen LogP contribution in [0.2, 0.25) is 0 Å². The monoisotopic (exact) mass is 297 g/mol. The molecule has 1 atom stereocenters. The van der Waals surface area contributed by atoms with Crippen molar-refractivity contribution in [3.63, 3.8) is 0 Å². The summed E-state index contributed by atoms with van der Waals surface area (Å²) in [6, 6.07) is 7.73. The van der Waals surface area contributed by atoms with Gasteiger partial charge in [0, 0.05) is 10.5 Å². The fraction of sp³-hybridized carbons (Fsp3) is 0.333. The van der Waals surface area contributed by atoms with E-state index in [9.17, 15) is 4.79 Å². The van der Waals surface area contributed by atoms with Crippen LogP contribution in [-0.2, 0) is 6.42 Å². The number of Topliss-reactive ketones (excluding diaryl/α,β-unsaturated/α-hetero) is 1. The quantitative estimate of drug-likeness (QED) is 0.486. The van der Waals surface area contributed by atoms with Gasteiger partial charge in [-0.2, -0.15) is 5.26 Å². The van der Waals surface area contributed by atoms with E-state index in [0.29, 0.717) is 5.56 Å². The van der Waals surface area contributed by atoms with Gasteiger partial charge in [-0.1, -0.05) is 28.1 Å². The fourth-order valence-electron chi connectivity index (χ4n) is 1.46. The second-order valence-corrected chi connectivity index (χ2v) is 5.53. The Morgan fingerprint density at radius 3 is 2.81 bits per heavy atom. The first kappa shape index (κ1) is 13.3. The van der Waals surface area contributed by atoms with Crippen molar-refractivity contribution >= 4 is 33.5 Å². The first-order valence-electron chi connectivity index (χ1n) is 4.83. The molecule has 0 aliphatic heterocycles. The largest absolute Gasteiger partial charge is 0.293 e. The molecule has 1 aromatic rings. The summed E-state index contributed by atoms with van der Waals surface area (Å²) in [4.78, 5) is 12.8. The Hall–Kier alpha value is -0.790. The molecule has 84 valence electrons. The molecule has 0 amide bonds. The maximum absolute atomic E-state index is 12.1. The second-order valence-electron chi connectivity index (χ2n) is 3.31. The molecule has 0 saturated carbocycles. The number of hydrogen-bond acceptors (Lipinski definition) is 3. The highest BCUT2D eigenvalue weighted by molar-refractivity contribution is 9.10. The van der Waals surface area contributed by atoms with Gasteiger partial charge in [0.25, 0.3) is 0 Å². The summed E-state index contributed by atoms with van der Waals surface area (Å²) in [5, 5.41) is 8.75. The summed E-state index contributed by atoms with van der Waals surface area (Å²) in [6.45, 7) is 1.80. The topological polar surface area (TPSA) is 40.9 Å². The van der Waals surface area contributed by atoms with Crippen molar-refractivity contribution in [2.45, 2.75) is 23.1 Å². The maximum Gasteiger partial charge on any atom is 0.177 e. The SMILES string of the molecule is CSc1cccc(CC#N)c1C(=O)C(C)Br. The molecule has 1 aromatic carbocycles. The number of rotatable bonds is 4. The summed E-state index contributed by atoms with van der Waals surface area (Å²) < 4.78 is 0. The number of ketones is 1. The molecule has 2 nitrogen and oxygen atoms in total. The molecule has 0 aliphatic rings. The van der Waals surface area contributed by atoms with E-state index >= 15 is 0 Å². The zero-order valence-electron chi connectivity index (χ0n) is 9.16. The highest BCUT2D eigenvalue weighted by Gasteiger charge is 2.19. The summed E-state index contributed by atoms with van der Waals surface area (Å²) in [6.07, 6.45) is 2.20. The van der Waals surface area contributed by atoms with Gasteiger partial charge in [-0.3, -0.25) is 4.79 Å². The van der Waals surface area contributed by atoms with Crippen LogP contribution < -0.4 is 0 Å². The third-order valence-corrected chi connectivity index (χ3v) is 3.41. The van der Waals surface area contributed by atoms with Crippen LogP contribution in [0.5, 0.6) is 0 Å².